The number of nitrogens with one attached hydrogen (secondary N) is 3. The maximum atomic E-state index is 13.1. The summed E-state index contributed by atoms with van der Waals surface area (Å²) >= 11 is 0. The summed E-state index contributed by atoms with van der Waals surface area (Å²) in [5.74, 6) is -0.213. The van der Waals surface area contributed by atoms with Crippen LogP contribution in [0, 0.1) is 0 Å². The predicted molar refractivity (Wildman–Crippen MR) is 124 cm³/mol. The molecule has 2 aromatic rings. The maximum absolute atomic E-state index is 13.1. The van der Waals surface area contributed by atoms with Crippen molar-refractivity contribution >= 4 is 27.3 Å². The summed E-state index contributed by atoms with van der Waals surface area (Å²) in [5, 5.41) is 6.55. The first-order valence-corrected chi connectivity index (χ1v) is 12.8. The van der Waals surface area contributed by atoms with Gasteiger partial charge in [0.25, 0.3) is 15.9 Å². The number of anilines is 2. The summed E-state index contributed by atoms with van der Waals surface area (Å²) in [7, 11) is -3.83. The van der Waals surface area contributed by atoms with Crippen molar-refractivity contribution in [2.24, 2.45) is 0 Å². The largest absolute Gasteiger partial charge is 0.382 e. The van der Waals surface area contributed by atoms with Crippen molar-refractivity contribution in [3.05, 3.63) is 54.1 Å². The second-order valence-corrected chi connectivity index (χ2v) is 10.3. The normalized spacial score (nSPS) is 17.9. The monoisotopic (exact) mass is 441 g/mol. The second-order valence-electron chi connectivity index (χ2n) is 8.65. The minimum Gasteiger partial charge on any atom is -0.382 e. The number of para-hydroxylation sites is 1. The van der Waals surface area contributed by atoms with Crippen LogP contribution in [0.3, 0.4) is 0 Å². The Morgan fingerprint density at radius 3 is 2.13 bits per heavy atom. The van der Waals surface area contributed by atoms with Gasteiger partial charge >= 0.3 is 0 Å². The van der Waals surface area contributed by atoms with Crippen LogP contribution in [0.5, 0.6) is 0 Å². The molecule has 0 aliphatic heterocycles. The highest BCUT2D eigenvalue weighted by Crippen LogP contribution is 2.26. The van der Waals surface area contributed by atoms with E-state index < -0.39 is 10.0 Å². The summed E-state index contributed by atoms with van der Waals surface area (Å²) in [6.07, 6.45) is 9.89. The molecule has 6 nitrogen and oxygen atoms in total. The van der Waals surface area contributed by atoms with Crippen LogP contribution >= 0.6 is 0 Å². The third-order valence-electron chi connectivity index (χ3n) is 6.17. The zero-order chi connectivity index (χ0) is 21.7. The lowest BCUT2D eigenvalue weighted by Crippen LogP contribution is -2.33. The molecule has 7 heteroatoms. The molecule has 0 spiro atoms. The summed E-state index contributed by atoms with van der Waals surface area (Å²) in [4.78, 5) is 13.0. The first-order valence-electron chi connectivity index (χ1n) is 11.3. The number of carbonyl (C=O) groups is 1. The molecule has 0 aromatic heterocycles. The Kier molecular flexibility index (Phi) is 6.80. The number of hydrogen-bond donors (Lipinski definition) is 3. The smallest absolute Gasteiger partial charge is 0.261 e. The Bertz CT molecular complexity index is 996. The summed E-state index contributed by atoms with van der Waals surface area (Å²) < 4.78 is 28.8. The quantitative estimate of drug-likeness (QED) is 0.570. The lowest BCUT2D eigenvalue weighted by atomic mass is 9.95. The van der Waals surface area contributed by atoms with E-state index in [1.54, 1.807) is 36.4 Å². The zero-order valence-corrected chi connectivity index (χ0v) is 18.6. The van der Waals surface area contributed by atoms with E-state index in [2.05, 4.69) is 15.4 Å². The van der Waals surface area contributed by atoms with Crippen LogP contribution in [-0.4, -0.2) is 26.4 Å². The molecule has 2 aliphatic rings. The topological polar surface area (TPSA) is 87.3 Å². The summed E-state index contributed by atoms with van der Waals surface area (Å²) in [6.45, 7) is 0. The van der Waals surface area contributed by atoms with Crippen LogP contribution in [0.15, 0.2) is 53.4 Å². The van der Waals surface area contributed by atoms with Gasteiger partial charge in [0, 0.05) is 29.0 Å². The molecule has 0 heterocycles. The lowest BCUT2D eigenvalue weighted by molar-refractivity contribution is 0.0937. The molecule has 3 N–H and O–H groups in total. The molecule has 2 aromatic carbocycles. The van der Waals surface area contributed by atoms with Gasteiger partial charge in [-0.2, -0.15) is 0 Å². The van der Waals surface area contributed by atoms with Crippen molar-refractivity contribution in [3.8, 4) is 0 Å². The van der Waals surface area contributed by atoms with Crippen molar-refractivity contribution in [2.75, 3.05) is 10.0 Å². The fourth-order valence-corrected chi connectivity index (χ4v) is 5.64. The van der Waals surface area contributed by atoms with Crippen LogP contribution in [0.4, 0.5) is 11.4 Å². The molecule has 0 atom stereocenters. The first-order chi connectivity index (χ1) is 15.0. The standard InChI is InChI=1S/C24H31N3O3S/c28-24(26-20-11-7-8-12-20)18-15-22(25-19-9-3-1-4-10-19)17-23(16-18)31(29,30)27-21-13-5-2-6-14-21/h2,5-6,13-17,19-20,25,27H,1,3-4,7-12H2,(H,26,28). The number of benzene rings is 2. The highest BCUT2D eigenvalue weighted by atomic mass is 32.2. The highest BCUT2D eigenvalue weighted by molar-refractivity contribution is 7.92. The van der Waals surface area contributed by atoms with E-state index in [1.807, 2.05) is 6.07 Å². The van der Waals surface area contributed by atoms with Crippen molar-refractivity contribution in [1.29, 1.82) is 0 Å². The van der Waals surface area contributed by atoms with Crippen molar-refractivity contribution < 1.29 is 13.2 Å². The van der Waals surface area contributed by atoms with E-state index in [0.29, 0.717) is 23.0 Å². The number of carbonyl (C=O) groups excluding carboxylic acids is 1. The fourth-order valence-electron chi connectivity index (χ4n) is 4.51. The minimum absolute atomic E-state index is 0.0914. The fraction of sp³-hybridized carbons (Fsp3) is 0.458. The van der Waals surface area contributed by atoms with E-state index in [0.717, 1.165) is 38.5 Å². The van der Waals surface area contributed by atoms with E-state index in [9.17, 15) is 13.2 Å². The Labute approximate surface area is 184 Å². The van der Waals surface area contributed by atoms with Crippen molar-refractivity contribution in [3.63, 3.8) is 0 Å². The van der Waals surface area contributed by atoms with Crippen LogP contribution in [0.1, 0.15) is 68.1 Å². The van der Waals surface area contributed by atoms with Crippen LogP contribution in [0.25, 0.3) is 0 Å². The average Bonchev–Trinajstić information content (AvgIpc) is 3.28. The molecule has 0 unspecified atom stereocenters. The second kappa shape index (κ2) is 9.73. The zero-order valence-electron chi connectivity index (χ0n) is 17.8. The molecular weight excluding hydrogens is 410 g/mol. The molecule has 1 amide bonds. The minimum atomic E-state index is -3.83. The van der Waals surface area contributed by atoms with Crippen LogP contribution in [-0.2, 0) is 10.0 Å². The molecule has 31 heavy (non-hydrogen) atoms. The van der Waals surface area contributed by atoms with Gasteiger partial charge in [-0.15, -0.1) is 0 Å². The van der Waals surface area contributed by atoms with E-state index in [1.165, 1.54) is 25.3 Å². The molecular formula is C24H31N3O3S. The summed E-state index contributed by atoms with van der Waals surface area (Å²) in [5.41, 5.74) is 1.55. The van der Waals surface area contributed by atoms with Gasteiger partial charge in [-0.05, 0) is 56.0 Å². The Morgan fingerprint density at radius 1 is 0.774 bits per heavy atom. The first kappa shape index (κ1) is 21.7. The van der Waals surface area contributed by atoms with Gasteiger partial charge in [0.1, 0.15) is 0 Å². The van der Waals surface area contributed by atoms with Gasteiger partial charge in [-0.1, -0.05) is 50.3 Å². The number of amides is 1. The van der Waals surface area contributed by atoms with Gasteiger partial charge in [0.05, 0.1) is 4.90 Å². The number of rotatable bonds is 7. The number of sulfonamides is 1. The van der Waals surface area contributed by atoms with Crippen molar-refractivity contribution in [1.82, 2.24) is 5.32 Å². The molecule has 2 saturated carbocycles. The third kappa shape index (κ3) is 5.79. The van der Waals surface area contributed by atoms with Crippen LogP contribution in [0.2, 0.25) is 0 Å². The average molecular weight is 442 g/mol. The van der Waals surface area contributed by atoms with E-state index >= 15 is 0 Å². The molecule has 0 saturated heterocycles. The molecule has 2 fully saturated rings. The molecule has 166 valence electrons. The molecule has 4 rings (SSSR count). The Hall–Kier alpha value is -2.54. The molecule has 2 aliphatic carbocycles. The van der Waals surface area contributed by atoms with Crippen molar-refractivity contribution in [2.45, 2.75) is 74.8 Å². The van der Waals surface area contributed by atoms with Crippen LogP contribution < -0.4 is 15.4 Å². The Morgan fingerprint density at radius 2 is 1.42 bits per heavy atom. The highest BCUT2D eigenvalue weighted by Gasteiger charge is 2.22. The Balaban J connectivity index is 1.62. The van der Waals surface area contributed by atoms with E-state index in [-0.39, 0.29) is 16.8 Å². The van der Waals surface area contributed by atoms with Gasteiger partial charge in [0.15, 0.2) is 0 Å². The lowest BCUT2D eigenvalue weighted by Gasteiger charge is -2.24. The SMILES string of the molecule is O=C(NC1CCCC1)c1cc(NC2CCCCC2)cc(S(=O)(=O)Nc2ccccc2)c1. The predicted octanol–water partition coefficient (Wildman–Crippen LogP) is 4.90. The number of hydrogen-bond acceptors (Lipinski definition) is 4. The maximum Gasteiger partial charge on any atom is 0.261 e. The molecule has 0 bridgehead atoms. The van der Waals surface area contributed by atoms with Gasteiger partial charge < -0.3 is 10.6 Å². The van der Waals surface area contributed by atoms with Gasteiger partial charge in [0.2, 0.25) is 0 Å². The van der Waals surface area contributed by atoms with Gasteiger partial charge in [-0.25, -0.2) is 8.42 Å². The third-order valence-corrected chi connectivity index (χ3v) is 7.53. The summed E-state index contributed by atoms with van der Waals surface area (Å²) in [6, 6.07) is 14.2. The van der Waals surface area contributed by atoms with E-state index in [4.69, 9.17) is 0 Å². The molecule has 0 radical (unpaired) electrons. The van der Waals surface area contributed by atoms with Gasteiger partial charge in [-0.3, -0.25) is 9.52 Å².